The topological polar surface area (TPSA) is 88.5 Å². The van der Waals surface area contributed by atoms with Gasteiger partial charge in [-0.15, -0.1) is 0 Å². The number of hydrogen-bond donors (Lipinski definition) is 2. The Morgan fingerprint density at radius 3 is 2.47 bits per heavy atom. The van der Waals surface area contributed by atoms with Crippen molar-refractivity contribution in [1.82, 2.24) is 4.90 Å². The van der Waals surface area contributed by atoms with Crippen LogP contribution in [0.1, 0.15) is 93.4 Å². The van der Waals surface area contributed by atoms with Crippen LogP contribution in [0.4, 0.5) is 0 Å². The molecule has 1 amide bonds. The number of hydrogen-bond acceptors (Lipinski definition) is 6. The molecule has 38 heavy (non-hydrogen) atoms. The molecule has 1 saturated heterocycles. The summed E-state index contributed by atoms with van der Waals surface area (Å²) in [6, 6.07) is 0. The lowest BCUT2D eigenvalue weighted by molar-refractivity contribution is -0.149. The van der Waals surface area contributed by atoms with E-state index in [4.69, 9.17) is 19.3 Å². The number of likely N-dealkylation sites (N-methyl/N-ethyl adjacent to an activating group) is 1. The molecule has 7 heteroatoms. The standard InChI is InChI=1S/C31H57NO6/c1-22(20-31(6,7)38-26(5)30(36-9)25(4)34)14-13-15-23(2)29-24(3)17-18-27(37-29)21-32(8)28(35)16-11-10-12-19-33/h13-15,22,24-27,29-30,33-34H,10-12,16-21H2,1-9H3/b14-13+,23-15+/t22-,24+,25-,26-,27-,29-,30+/m1/s1. The third-order valence-corrected chi connectivity index (χ3v) is 7.53. The number of aliphatic hydroxyl groups is 2. The first-order valence-electron chi connectivity index (χ1n) is 14.5. The van der Waals surface area contributed by atoms with Crippen molar-refractivity contribution in [3.8, 4) is 0 Å². The molecule has 0 spiro atoms. The fourth-order valence-electron chi connectivity index (χ4n) is 5.60. The van der Waals surface area contributed by atoms with Gasteiger partial charge in [-0.1, -0.05) is 38.5 Å². The van der Waals surface area contributed by atoms with Crippen molar-refractivity contribution in [3.05, 3.63) is 23.8 Å². The Bertz CT molecular complexity index is 734. The molecule has 0 aromatic heterocycles. The van der Waals surface area contributed by atoms with Gasteiger partial charge >= 0.3 is 0 Å². The van der Waals surface area contributed by atoms with E-state index in [1.54, 1.807) is 18.9 Å². The number of rotatable bonds is 17. The first kappa shape index (κ1) is 34.8. The van der Waals surface area contributed by atoms with E-state index in [1.807, 2.05) is 14.0 Å². The highest BCUT2D eigenvalue weighted by Crippen LogP contribution is 2.30. The molecule has 7 nitrogen and oxygen atoms in total. The Kier molecular flexibility index (Phi) is 16.0. The number of allylic oxidation sites excluding steroid dienone is 3. The normalized spacial score (nSPS) is 24.3. The first-order chi connectivity index (χ1) is 17.8. The zero-order chi connectivity index (χ0) is 28.9. The summed E-state index contributed by atoms with van der Waals surface area (Å²) in [7, 11) is 3.47. The summed E-state index contributed by atoms with van der Waals surface area (Å²) in [4.78, 5) is 14.3. The summed E-state index contributed by atoms with van der Waals surface area (Å²) < 4.78 is 18.1. The lowest BCUT2D eigenvalue weighted by atomic mass is 9.88. The Balaban J connectivity index is 2.63. The number of carbonyl (C=O) groups excluding carboxylic acids is 1. The molecule has 0 radical (unpaired) electrons. The predicted octanol–water partition coefficient (Wildman–Crippen LogP) is 5.29. The van der Waals surface area contributed by atoms with Gasteiger partial charge in [-0.2, -0.15) is 0 Å². The van der Waals surface area contributed by atoms with Crippen molar-refractivity contribution < 1.29 is 29.2 Å². The van der Waals surface area contributed by atoms with Crippen LogP contribution in [-0.4, -0.2) is 84.5 Å². The maximum atomic E-state index is 12.5. The predicted molar refractivity (Wildman–Crippen MR) is 154 cm³/mol. The van der Waals surface area contributed by atoms with Crippen LogP contribution in [-0.2, 0) is 19.0 Å². The van der Waals surface area contributed by atoms with Crippen LogP contribution >= 0.6 is 0 Å². The molecule has 222 valence electrons. The Morgan fingerprint density at radius 1 is 1.18 bits per heavy atom. The van der Waals surface area contributed by atoms with Crippen molar-refractivity contribution in [2.75, 3.05) is 27.3 Å². The van der Waals surface area contributed by atoms with Gasteiger partial charge in [0, 0.05) is 33.7 Å². The van der Waals surface area contributed by atoms with E-state index >= 15 is 0 Å². The van der Waals surface area contributed by atoms with Crippen LogP contribution in [0, 0.1) is 11.8 Å². The summed E-state index contributed by atoms with van der Waals surface area (Å²) in [6.45, 7) is 15.2. The van der Waals surface area contributed by atoms with Crippen molar-refractivity contribution in [2.24, 2.45) is 11.8 Å². The van der Waals surface area contributed by atoms with Crippen LogP contribution in [0.25, 0.3) is 0 Å². The molecule has 0 aliphatic carbocycles. The molecule has 1 heterocycles. The molecule has 0 bridgehead atoms. The second-order valence-corrected chi connectivity index (χ2v) is 12.0. The summed E-state index contributed by atoms with van der Waals surface area (Å²) in [5.41, 5.74) is 0.844. The van der Waals surface area contributed by atoms with Gasteiger partial charge in [-0.25, -0.2) is 0 Å². The van der Waals surface area contributed by atoms with Crippen LogP contribution in [0.2, 0.25) is 0 Å². The number of ether oxygens (including phenoxy) is 3. The highest BCUT2D eigenvalue weighted by Gasteiger charge is 2.31. The quantitative estimate of drug-likeness (QED) is 0.193. The number of unbranched alkanes of at least 4 members (excludes halogenated alkanes) is 2. The fraction of sp³-hybridized carbons (Fsp3) is 0.839. The number of methoxy groups -OCH3 is 1. The third kappa shape index (κ3) is 12.7. The van der Waals surface area contributed by atoms with Crippen LogP contribution in [0.3, 0.4) is 0 Å². The van der Waals surface area contributed by atoms with Crippen LogP contribution in [0.5, 0.6) is 0 Å². The van der Waals surface area contributed by atoms with Crippen LogP contribution < -0.4 is 0 Å². The number of carbonyl (C=O) groups is 1. The van der Waals surface area contributed by atoms with Gasteiger partial charge < -0.3 is 29.3 Å². The lowest BCUT2D eigenvalue weighted by Crippen LogP contribution is -2.42. The zero-order valence-electron chi connectivity index (χ0n) is 25.6. The van der Waals surface area contributed by atoms with E-state index < -0.39 is 6.10 Å². The van der Waals surface area contributed by atoms with E-state index in [1.165, 1.54) is 5.57 Å². The Labute approximate surface area is 232 Å². The van der Waals surface area contributed by atoms with Crippen molar-refractivity contribution in [1.29, 1.82) is 0 Å². The number of amides is 1. The highest BCUT2D eigenvalue weighted by atomic mass is 16.6. The van der Waals surface area contributed by atoms with E-state index in [0.717, 1.165) is 38.5 Å². The van der Waals surface area contributed by atoms with Gasteiger partial charge in [0.25, 0.3) is 0 Å². The fourth-order valence-corrected chi connectivity index (χ4v) is 5.60. The highest BCUT2D eigenvalue weighted by molar-refractivity contribution is 5.75. The molecule has 1 aliphatic rings. The van der Waals surface area contributed by atoms with Gasteiger partial charge in [0.15, 0.2) is 0 Å². The van der Waals surface area contributed by atoms with Crippen molar-refractivity contribution in [3.63, 3.8) is 0 Å². The molecule has 1 aliphatic heterocycles. The lowest BCUT2D eigenvalue weighted by Gasteiger charge is -2.37. The van der Waals surface area contributed by atoms with Gasteiger partial charge in [-0.3, -0.25) is 4.79 Å². The monoisotopic (exact) mass is 539 g/mol. The first-order valence-corrected chi connectivity index (χ1v) is 14.5. The van der Waals surface area contributed by atoms with E-state index in [-0.39, 0.29) is 42.5 Å². The molecule has 0 aromatic carbocycles. The minimum Gasteiger partial charge on any atom is -0.396 e. The average molecular weight is 540 g/mol. The van der Waals surface area contributed by atoms with Gasteiger partial charge in [0.1, 0.15) is 6.10 Å². The molecule has 0 unspecified atom stereocenters. The van der Waals surface area contributed by atoms with E-state index in [0.29, 0.717) is 24.8 Å². The zero-order valence-corrected chi connectivity index (χ0v) is 25.6. The van der Waals surface area contributed by atoms with Crippen molar-refractivity contribution in [2.45, 2.75) is 130 Å². The smallest absolute Gasteiger partial charge is 0.222 e. The molecular weight excluding hydrogens is 482 g/mol. The second kappa shape index (κ2) is 17.4. The Morgan fingerprint density at radius 2 is 1.87 bits per heavy atom. The minimum absolute atomic E-state index is 0.0475. The van der Waals surface area contributed by atoms with Gasteiger partial charge in [-0.05, 0) is 84.1 Å². The van der Waals surface area contributed by atoms with E-state index in [2.05, 4.69) is 52.8 Å². The maximum Gasteiger partial charge on any atom is 0.222 e. The molecule has 7 atom stereocenters. The van der Waals surface area contributed by atoms with Crippen LogP contribution in [0.15, 0.2) is 23.8 Å². The largest absolute Gasteiger partial charge is 0.396 e. The third-order valence-electron chi connectivity index (χ3n) is 7.53. The molecule has 1 rings (SSSR count). The Hall–Kier alpha value is -1.25. The molecule has 0 saturated carbocycles. The summed E-state index contributed by atoms with van der Waals surface area (Å²) in [5.74, 6) is 0.892. The van der Waals surface area contributed by atoms with Gasteiger partial charge in [0.2, 0.25) is 5.91 Å². The average Bonchev–Trinajstić information content (AvgIpc) is 2.82. The van der Waals surface area contributed by atoms with E-state index in [9.17, 15) is 9.90 Å². The molecule has 2 N–H and O–H groups in total. The molecule has 0 aromatic rings. The molecule has 1 fully saturated rings. The summed E-state index contributed by atoms with van der Waals surface area (Å²) in [5, 5.41) is 18.8. The van der Waals surface area contributed by atoms with Crippen molar-refractivity contribution >= 4 is 5.91 Å². The number of nitrogens with zero attached hydrogens (tertiary/aromatic N) is 1. The minimum atomic E-state index is -0.594. The second-order valence-electron chi connectivity index (χ2n) is 12.0. The molecular formula is C31H57NO6. The van der Waals surface area contributed by atoms with Gasteiger partial charge in [0.05, 0.1) is 30.0 Å². The maximum absolute atomic E-state index is 12.5. The summed E-state index contributed by atoms with van der Waals surface area (Å²) in [6.07, 6.45) is 11.3. The SMILES string of the molecule is CO[C@@H]([C@@H](C)O)[C@@H](C)OC(C)(C)C[C@H](C)/C=C/C=C(\C)[C@H]1O[C@@H](CN(C)C(=O)CCCCCO)CC[C@@H]1C. The summed E-state index contributed by atoms with van der Waals surface area (Å²) >= 11 is 0. The number of aliphatic hydroxyl groups excluding tert-OH is 2.